The highest BCUT2D eigenvalue weighted by atomic mass is 16.4. The highest BCUT2D eigenvalue weighted by Gasteiger charge is 2.19. The molecule has 0 saturated heterocycles. The van der Waals surface area contributed by atoms with E-state index < -0.39 is 5.97 Å². The lowest BCUT2D eigenvalue weighted by atomic mass is 10.1. The first-order valence-corrected chi connectivity index (χ1v) is 12.7. The van der Waals surface area contributed by atoms with Gasteiger partial charge >= 0.3 is 5.97 Å². The zero-order valence-electron chi connectivity index (χ0n) is 22.4. The molecule has 6 rings (SSSR count). The molecule has 9 heteroatoms. The van der Waals surface area contributed by atoms with E-state index in [0.717, 1.165) is 49.9 Å². The average molecular weight is 549 g/mol. The Kier molecular flexibility index (Phi) is 8.67. The number of nitrogens with zero attached hydrogens (tertiary/aromatic N) is 6. The second-order valence-corrected chi connectivity index (χ2v) is 9.48. The van der Waals surface area contributed by atoms with Crippen LogP contribution in [0.1, 0.15) is 57.6 Å². The molecule has 4 heterocycles. The lowest BCUT2D eigenvalue weighted by Crippen LogP contribution is -2.05. The molecule has 2 aromatic carbocycles. The minimum atomic E-state index is -0.901. The van der Waals surface area contributed by atoms with E-state index in [1.54, 1.807) is 31.7 Å². The van der Waals surface area contributed by atoms with E-state index >= 15 is 0 Å². The number of carboxylic acids is 1. The number of carbonyl (C=O) groups is 2. The quantitative estimate of drug-likeness (QED) is 0.250. The molecular weight excluding hydrogens is 516 g/mol. The van der Waals surface area contributed by atoms with Gasteiger partial charge < -0.3 is 14.2 Å². The third kappa shape index (κ3) is 5.74. The van der Waals surface area contributed by atoms with Gasteiger partial charge in [0.2, 0.25) is 0 Å². The summed E-state index contributed by atoms with van der Waals surface area (Å²) >= 11 is 0. The van der Waals surface area contributed by atoms with Gasteiger partial charge in [-0.2, -0.15) is 0 Å². The Morgan fingerprint density at radius 3 is 1.49 bits per heavy atom. The van der Waals surface area contributed by atoms with E-state index in [1.165, 1.54) is 12.7 Å². The summed E-state index contributed by atoms with van der Waals surface area (Å²) in [7, 11) is 0. The highest BCUT2D eigenvalue weighted by Crippen LogP contribution is 2.28. The van der Waals surface area contributed by atoms with Crippen LogP contribution in [-0.2, 0) is 13.1 Å². The molecule has 0 bridgehead atoms. The number of aromatic nitrogens is 6. The minimum Gasteiger partial charge on any atom is -0.478 e. The number of carbonyl (C=O) groups excluding carboxylic acids is 1. The molecule has 41 heavy (non-hydrogen) atoms. The Morgan fingerprint density at radius 2 is 1.07 bits per heavy atom. The maximum Gasteiger partial charge on any atom is 0.338 e. The van der Waals surface area contributed by atoms with Gasteiger partial charge in [-0.1, -0.05) is 43.8 Å². The van der Waals surface area contributed by atoms with Crippen molar-refractivity contribution in [3.63, 3.8) is 0 Å². The number of hydrogen-bond acceptors (Lipinski definition) is 6. The number of carboxylic acid groups (broad SMARTS) is 1. The maximum atomic E-state index is 11.9. The lowest BCUT2D eigenvalue weighted by molar-refractivity contribution is 0.0697. The third-order valence-electron chi connectivity index (χ3n) is 6.94. The first-order valence-electron chi connectivity index (χ1n) is 12.7. The van der Waals surface area contributed by atoms with Crippen LogP contribution in [0.2, 0.25) is 0 Å². The van der Waals surface area contributed by atoms with Crippen LogP contribution < -0.4 is 0 Å². The molecule has 0 radical (unpaired) electrons. The predicted octanol–water partition coefficient (Wildman–Crippen LogP) is 6.11. The summed E-state index contributed by atoms with van der Waals surface area (Å²) in [5.41, 5.74) is 6.82. The highest BCUT2D eigenvalue weighted by molar-refractivity contribution is 6.08. The van der Waals surface area contributed by atoms with Crippen molar-refractivity contribution in [1.29, 1.82) is 0 Å². The van der Waals surface area contributed by atoms with E-state index in [9.17, 15) is 14.7 Å². The average Bonchev–Trinajstić information content (AvgIpc) is 3.40. The van der Waals surface area contributed by atoms with E-state index in [-0.39, 0.29) is 13.2 Å². The SMILES string of the molecule is C.CC(=O)c1c(C)n(Cc2cncnc2)c2ccccc12.Cc1c(C(=O)O)c2ccccc2n1Cc1cncnc1. The molecule has 0 amide bonds. The molecule has 0 atom stereocenters. The number of rotatable bonds is 6. The van der Waals surface area contributed by atoms with E-state index in [0.29, 0.717) is 18.7 Å². The second-order valence-electron chi connectivity index (χ2n) is 9.48. The summed E-state index contributed by atoms with van der Waals surface area (Å²) in [5.74, 6) is -0.802. The molecule has 208 valence electrons. The van der Waals surface area contributed by atoms with Gasteiger partial charge in [0.05, 0.1) is 18.7 Å². The molecule has 0 fully saturated rings. The molecule has 4 aromatic heterocycles. The minimum absolute atomic E-state index is 0. The van der Waals surface area contributed by atoms with E-state index in [1.807, 2.05) is 66.9 Å². The van der Waals surface area contributed by atoms with E-state index in [2.05, 4.69) is 24.5 Å². The summed E-state index contributed by atoms with van der Waals surface area (Å²) in [5, 5.41) is 11.2. The maximum absolute atomic E-state index is 11.9. The van der Waals surface area contributed by atoms with Gasteiger partial charge in [0.1, 0.15) is 12.7 Å². The van der Waals surface area contributed by atoms with Gasteiger partial charge in [-0.3, -0.25) is 4.79 Å². The predicted molar refractivity (Wildman–Crippen MR) is 159 cm³/mol. The molecule has 9 nitrogen and oxygen atoms in total. The van der Waals surface area contributed by atoms with Crippen LogP contribution in [0.15, 0.2) is 86.0 Å². The van der Waals surface area contributed by atoms with E-state index in [4.69, 9.17) is 0 Å². The summed E-state index contributed by atoms with van der Waals surface area (Å²) < 4.78 is 4.13. The van der Waals surface area contributed by atoms with Crippen LogP contribution in [0.3, 0.4) is 0 Å². The smallest absolute Gasteiger partial charge is 0.338 e. The zero-order valence-corrected chi connectivity index (χ0v) is 22.4. The lowest BCUT2D eigenvalue weighted by Gasteiger charge is -2.08. The van der Waals surface area contributed by atoms with Gasteiger partial charge in [-0.25, -0.2) is 24.7 Å². The summed E-state index contributed by atoms with van der Waals surface area (Å²) in [6, 6.07) is 15.5. The molecule has 1 N–H and O–H groups in total. The van der Waals surface area contributed by atoms with Gasteiger partial charge in [0.25, 0.3) is 0 Å². The molecule has 0 aliphatic rings. The zero-order chi connectivity index (χ0) is 28.2. The van der Waals surface area contributed by atoms with Gasteiger partial charge in [0, 0.05) is 74.7 Å². The van der Waals surface area contributed by atoms with Crippen molar-refractivity contribution >= 4 is 33.6 Å². The van der Waals surface area contributed by atoms with Crippen LogP contribution in [0.4, 0.5) is 0 Å². The number of aromatic carboxylic acids is 1. The standard InChI is InChI=1S/C16H15N3O.C15H13N3O2.CH4/c1-11-16(12(2)20)14-5-3-4-6-15(14)19(11)9-13-7-17-10-18-8-13;1-10-14(15(19)20)12-4-2-3-5-13(12)18(10)8-11-6-16-9-17-7-11;/h3-8,10H,9H2,1-2H3;2-7,9H,8H2,1H3,(H,19,20);1H4. The van der Waals surface area contributed by atoms with Crippen LogP contribution in [0.25, 0.3) is 21.8 Å². The topological polar surface area (TPSA) is 116 Å². The number of benzene rings is 2. The van der Waals surface area contributed by atoms with Crippen molar-refractivity contribution in [3.05, 3.63) is 120 Å². The Bertz CT molecular complexity index is 1690. The van der Waals surface area contributed by atoms with Crippen molar-refractivity contribution in [2.24, 2.45) is 0 Å². The first-order chi connectivity index (χ1) is 19.4. The molecular formula is C32H32N6O3. The van der Waals surface area contributed by atoms with Crippen LogP contribution in [-0.4, -0.2) is 45.9 Å². The van der Waals surface area contributed by atoms with Crippen molar-refractivity contribution in [2.45, 2.75) is 41.3 Å². The third-order valence-corrected chi connectivity index (χ3v) is 6.94. The van der Waals surface area contributed by atoms with Crippen molar-refractivity contribution in [1.82, 2.24) is 29.1 Å². The Hall–Kier alpha value is -5.18. The molecule has 0 aliphatic heterocycles. The fourth-order valence-electron chi connectivity index (χ4n) is 5.17. The molecule has 6 aromatic rings. The molecule has 0 aliphatic carbocycles. The number of fused-ring (bicyclic) bond motifs is 2. The molecule has 0 spiro atoms. The fourth-order valence-corrected chi connectivity index (χ4v) is 5.17. The monoisotopic (exact) mass is 548 g/mol. The Balaban J connectivity index is 0.000000184. The van der Waals surface area contributed by atoms with Crippen molar-refractivity contribution in [3.8, 4) is 0 Å². The normalized spacial score (nSPS) is 10.6. The summed E-state index contributed by atoms with van der Waals surface area (Å²) in [6.07, 6.45) is 10.1. The Morgan fingerprint density at radius 1 is 0.683 bits per heavy atom. The molecule has 0 saturated carbocycles. The number of Topliss-reactive ketones (excluding diaryl/α,β-unsaturated/α-hetero) is 1. The van der Waals surface area contributed by atoms with Crippen LogP contribution >= 0.6 is 0 Å². The van der Waals surface area contributed by atoms with Crippen molar-refractivity contribution < 1.29 is 14.7 Å². The Labute approximate surface area is 238 Å². The number of hydrogen-bond donors (Lipinski definition) is 1. The summed E-state index contributed by atoms with van der Waals surface area (Å²) in [6.45, 7) is 6.65. The molecule has 0 unspecified atom stereocenters. The first kappa shape index (κ1) is 28.8. The van der Waals surface area contributed by atoms with Crippen molar-refractivity contribution in [2.75, 3.05) is 0 Å². The fraction of sp³-hybridized carbons (Fsp3) is 0.188. The van der Waals surface area contributed by atoms with Gasteiger partial charge in [-0.05, 0) is 32.9 Å². The van der Waals surface area contributed by atoms with Gasteiger partial charge in [0.15, 0.2) is 5.78 Å². The van der Waals surface area contributed by atoms with Crippen LogP contribution in [0, 0.1) is 13.8 Å². The summed E-state index contributed by atoms with van der Waals surface area (Å²) in [4.78, 5) is 39.4. The van der Waals surface area contributed by atoms with Gasteiger partial charge in [-0.15, -0.1) is 0 Å². The second kappa shape index (κ2) is 12.3. The largest absolute Gasteiger partial charge is 0.478 e. The number of ketones is 1. The number of para-hydroxylation sites is 2. The van der Waals surface area contributed by atoms with Crippen LogP contribution in [0.5, 0.6) is 0 Å².